The second-order valence-electron chi connectivity index (χ2n) is 6.86. The average Bonchev–Trinajstić information content (AvgIpc) is 2.64. The third kappa shape index (κ3) is 11.5. The fourth-order valence-electron chi connectivity index (χ4n) is 2.39. The summed E-state index contributed by atoms with van der Waals surface area (Å²) in [7, 11) is 0. The molecule has 0 spiro atoms. The molecule has 14 nitrogen and oxygen atoms in total. The fraction of sp³-hybridized carbons (Fsp3) is 0.647. The van der Waals surface area contributed by atoms with Crippen molar-refractivity contribution in [2.75, 3.05) is 6.54 Å². The number of carboxylic acids is 2. The van der Waals surface area contributed by atoms with Gasteiger partial charge in [-0.1, -0.05) is 0 Å². The lowest BCUT2D eigenvalue weighted by Gasteiger charge is -2.24. The lowest BCUT2D eigenvalue weighted by molar-refractivity contribution is -0.147. The Morgan fingerprint density at radius 3 is 1.77 bits per heavy atom. The predicted octanol–water partition coefficient (Wildman–Crippen LogP) is -3.65. The Balaban J connectivity index is 5.44. The molecule has 4 atom stereocenters. The number of carbonyl (C=O) groups excluding carboxylic acids is 4. The molecule has 4 unspecified atom stereocenters. The zero-order chi connectivity index (χ0) is 24.1. The fourth-order valence-corrected chi connectivity index (χ4v) is 2.39. The van der Waals surface area contributed by atoms with Crippen LogP contribution in [0.25, 0.3) is 0 Å². The van der Waals surface area contributed by atoms with Crippen molar-refractivity contribution in [3.05, 3.63) is 0 Å². The number of primary amides is 1. The number of carboxylic acid groups (broad SMARTS) is 2. The lowest BCUT2D eigenvalue weighted by atomic mass is 10.1. The van der Waals surface area contributed by atoms with Crippen molar-refractivity contribution in [2.24, 2.45) is 17.2 Å². The van der Waals surface area contributed by atoms with Crippen LogP contribution >= 0.6 is 0 Å². The smallest absolute Gasteiger partial charge is 0.326 e. The zero-order valence-corrected chi connectivity index (χ0v) is 17.1. The van der Waals surface area contributed by atoms with Crippen LogP contribution in [-0.2, 0) is 28.8 Å². The molecule has 0 saturated heterocycles. The monoisotopic (exact) mass is 446 g/mol. The number of amides is 4. The van der Waals surface area contributed by atoms with Crippen LogP contribution < -0.4 is 33.2 Å². The van der Waals surface area contributed by atoms with Crippen molar-refractivity contribution in [3.8, 4) is 0 Å². The molecule has 0 heterocycles. The van der Waals surface area contributed by atoms with Crippen LogP contribution in [0.5, 0.6) is 0 Å². The lowest BCUT2D eigenvalue weighted by Crippen LogP contribution is -2.57. The van der Waals surface area contributed by atoms with Gasteiger partial charge in [-0.15, -0.1) is 0 Å². The van der Waals surface area contributed by atoms with Crippen LogP contribution in [0.4, 0.5) is 0 Å². The summed E-state index contributed by atoms with van der Waals surface area (Å²) < 4.78 is 0. The van der Waals surface area contributed by atoms with Crippen LogP contribution in [0, 0.1) is 0 Å². The van der Waals surface area contributed by atoms with Crippen molar-refractivity contribution in [3.63, 3.8) is 0 Å². The van der Waals surface area contributed by atoms with Gasteiger partial charge in [0.1, 0.15) is 18.1 Å². The molecule has 0 aliphatic heterocycles. The second-order valence-corrected chi connectivity index (χ2v) is 6.86. The zero-order valence-electron chi connectivity index (χ0n) is 17.1. The molecule has 0 radical (unpaired) electrons. The summed E-state index contributed by atoms with van der Waals surface area (Å²) in [4.78, 5) is 70.2. The summed E-state index contributed by atoms with van der Waals surface area (Å²) in [6, 6.07) is -5.41. The Morgan fingerprint density at radius 2 is 1.32 bits per heavy atom. The minimum absolute atomic E-state index is 0.156. The highest BCUT2D eigenvalue weighted by molar-refractivity contribution is 5.96. The molecule has 0 rings (SSSR count). The highest BCUT2D eigenvalue weighted by atomic mass is 16.4. The standard InChI is InChI=1S/C17H30N6O8/c1-8(19)14(27)21-9(4-2-3-5-18)15(28)22-10(6-12(20)24)16(29)23-11(17(30)31)7-13(25)26/h8-11H,2-7,18-19H2,1H3,(H2,20,24)(H,21,27)(H,22,28)(H,23,29)(H,25,26)(H,30,31). The van der Waals surface area contributed by atoms with Crippen LogP contribution in [0.2, 0.25) is 0 Å². The first-order valence-electron chi connectivity index (χ1n) is 9.48. The predicted molar refractivity (Wildman–Crippen MR) is 106 cm³/mol. The summed E-state index contributed by atoms with van der Waals surface area (Å²) in [6.45, 7) is 1.75. The van der Waals surface area contributed by atoms with Crippen molar-refractivity contribution >= 4 is 35.6 Å². The van der Waals surface area contributed by atoms with Crippen molar-refractivity contribution in [1.82, 2.24) is 16.0 Å². The van der Waals surface area contributed by atoms with E-state index in [0.717, 1.165) is 0 Å². The van der Waals surface area contributed by atoms with Gasteiger partial charge in [0.25, 0.3) is 0 Å². The largest absolute Gasteiger partial charge is 0.481 e. The Labute approximate surface area is 178 Å². The molecule has 11 N–H and O–H groups in total. The van der Waals surface area contributed by atoms with Gasteiger partial charge in [0.2, 0.25) is 23.6 Å². The minimum atomic E-state index is -1.80. The third-order valence-corrected chi connectivity index (χ3v) is 4.03. The third-order valence-electron chi connectivity index (χ3n) is 4.03. The van der Waals surface area contributed by atoms with E-state index in [1.807, 2.05) is 5.32 Å². The van der Waals surface area contributed by atoms with Gasteiger partial charge in [-0.25, -0.2) is 4.79 Å². The topological polar surface area (TPSA) is 257 Å². The van der Waals surface area contributed by atoms with Gasteiger partial charge in [0.15, 0.2) is 0 Å². The Kier molecular flexibility index (Phi) is 12.4. The molecule has 0 aromatic rings. The Morgan fingerprint density at radius 1 is 0.806 bits per heavy atom. The van der Waals surface area contributed by atoms with Crippen molar-refractivity contribution < 1.29 is 39.0 Å². The Hall–Kier alpha value is -3.26. The maximum absolute atomic E-state index is 12.6. The Bertz CT molecular complexity index is 684. The highest BCUT2D eigenvalue weighted by Crippen LogP contribution is 2.04. The van der Waals surface area contributed by atoms with E-state index in [9.17, 15) is 28.8 Å². The van der Waals surface area contributed by atoms with Gasteiger partial charge < -0.3 is 43.4 Å². The molecule has 0 aliphatic carbocycles. The van der Waals surface area contributed by atoms with Crippen LogP contribution in [0.3, 0.4) is 0 Å². The molecule has 0 fully saturated rings. The molecule has 0 aliphatic rings. The molecule has 176 valence electrons. The van der Waals surface area contributed by atoms with Gasteiger partial charge in [-0.05, 0) is 32.7 Å². The van der Waals surface area contributed by atoms with Gasteiger partial charge >= 0.3 is 11.9 Å². The molecule has 14 heteroatoms. The summed E-state index contributed by atoms with van der Waals surface area (Å²) in [6.07, 6.45) is -0.444. The first-order chi connectivity index (χ1) is 14.4. The van der Waals surface area contributed by atoms with E-state index in [0.29, 0.717) is 19.4 Å². The van der Waals surface area contributed by atoms with Gasteiger partial charge in [-0.3, -0.25) is 24.0 Å². The number of rotatable bonds is 15. The quantitative estimate of drug-likeness (QED) is 0.114. The molecular weight excluding hydrogens is 416 g/mol. The van der Waals surface area contributed by atoms with Crippen molar-refractivity contribution in [2.45, 2.75) is 63.2 Å². The van der Waals surface area contributed by atoms with E-state index in [4.69, 9.17) is 27.4 Å². The summed E-state index contributed by atoms with van der Waals surface area (Å²) in [5.41, 5.74) is 16.0. The first kappa shape index (κ1) is 27.7. The van der Waals surface area contributed by atoms with Gasteiger partial charge in [-0.2, -0.15) is 0 Å². The first-order valence-corrected chi connectivity index (χ1v) is 9.48. The van der Waals surface area contributed by atoms with E-state index in [-0.39, 0.29) is 6.42 Å². The number of hydrogen-bond acceptors (Lipinski definition) is 8. The second kappa shape index (κ2) is 13.9. The highest BCUT2D eigenvalue weighted by Gasteiger charge is 2.31. The summed E-state index contributed by atoms with van der Waals surface area (Å²) in [5.74, 6) is -6.68. The minimum Gasteiger partial charge on any atom is -0.481 e. The number of nitrogens with two attached hydrogens (primary N) is 3. The van der Waals surface area contributed by atoms with Crippen LogP contribution in [-0.4, -0.2) is 76.5 Å². The maximum Gasteiger partial charge on any atom is 0.326 e. The van der Waals surface area contributed by atoms with E-state index >= 15 is 0 Å². The normalized spacial score (nSPS) is 14.4. The molecule has 0 bridgehead atoms. The van der Waals surface area contributed by atoms with Gasteiger partial charge in [0.05, 0.1) is 18.9 Å². The maximum atomic E-state index is 12.6. The summed E-state index contributed by atoms with van der Waals surface area (Å²) in [5, 5.41) is 24.4. The molecule has 4 amide bonds. The number of carbonyl (C=O) groups is 6. The van der Waals surface area contributed by atoms with Gasteiger partial charge in [0, 0.05) is 0 Å². The number of unbranched alkanes of at least 4 members (excludes halogenated alkanes) is 1. The molecule has 0 aromatic carbocycles. The van der Waals surface area contributed by atoms with E-state index in [2.05, 4.69) is 10.6 Å². The summed E-state index contributed by atoms with van der Waals surface area (Å²) >= 11 is 0. The molecule has 31 heavy (non-hydrogen) atoms. The molecule has 0 aromatic heterocycles. The number of nitrogens with one attached hydrogen (secondary N) is 3. The molecular formula is C17H30N6O8. The average molecular weight is 446 g/mol. The van der Waals surface area contributed by atoms with E-state index < -0.39 is 72.6 Å². The van der Waals surface area contributed by atoms with E-state index in [1.165, 1.54) is 6.92 Å². The van der Waals surface area contributed by atoms with Crippen LogP contribution in [0.15, 0.2) is 0 Å². The van der Waals surface area contributed by atoms with E-state index in [1.54, 1.807) is 0 Å². The number of aliphatic carboxylic acids is 2. The van der Waals surface area contributed by atoms with Crippen LogP contribution in [0.1, 0.15) is 39.0 Å². The van der Waals surface area contributed by atoms with Crippen molar-refractivity contribution in [1.29, 1.82) is 0 Å². The SMILES string of the molecule is CC(N)C(=O)NC(CCCCN)C(=O)NC(CC(N)=O)C(=O)NC(CC(=O)O)C(=O)O. The molecule has 0 saturated carbocycles. The number of hydrogen-bond donors (Lipinski definition) is 8.